The largest absolute Gasteiger partial charge is 0.480 e. The molecule has 2 aromatic carbocycles. The molecule has 2 atom stereocenters. The number of aliphatic hydroxyl groups is 1. The van der Waals surface area contributed by atoms with Crippen LogP contribution in [0.25, 0.3) is 22.0 Å². The zero-order valence-electron chi connectivity index (χ0n) is 27.6. The number of anilines is 3. The number of fused-ring (bicyclic) bond motifs is 2. The van der Waals surface area contributed by atoms with Crippen LogP contribution < -0.4 is 16.0 Å². The fraction of sp³-hybridized carbons (Fsp3) is 0.324. The minimum absolute atomic E-state index is 0.151. The molecule has 49 heavy (non-hydrogen) atoms. The van der Waals surface area contributed by atoms with Gasteiger partial charge in [0.1, 0.15) is 5.52 Å². The lowest BCUT2D eigenvalue weighted by molar-refractivity contribution is -0.136. The van der Waals surface area contributed by atoms with Gasteiger partial charge in [0, 0.05) is 61.4 Å². The number of hydrogen-bond donors (Lipinski definition) is 5. The molecule has 7 rings (SSSR count). The van der Waals surface area contributed by atoms with Gasteiger partial charge in [0.05, 0.1) is 18.3 Å². The van der Waals surface area contributed by atoms with Gasteiger partial charge in [-0.3, -0.25) is 29.5 Å². The summed E-state index contributed by atoms with van der Waals surface area (Å²) in [6, 6.07) is 17.6. The van der Waals surface area contributed by atoms with Crippen molar-refractivity contribution in [3.05, 3.63) is 95.1 Å². The van der Waals surface area contributed by atoms with E-state index in [0.29, 0.717) is 30.3 Å². The van der Waals surface area contributed by atoms with Crippen LogP contribution in [0.2, 0.25) is 0 Å². The summed E-state index contributed by atoms with van der Waals surface area (Å²) in [4.78, 5) is 36.2. The number of amides is 1. The predicted molar refractivity (Wildman–Crippen MR) is 188 cm³/mol. The van der Waals surface area contributed by atoms with Gasteiger partial charge in [0.25, 0.3) is 5.91 Å². The highest BCUT2D eigenvalue weighted by Crippen LogP contribution is 2.36. The highest BCUT2D eigenvalue weighted by atomic mass is 16.4. The summed E-state index contributed by atoms with van der Waals surface area (Å²) in [5.74, 6) is -0.572. The Morgan fingerprint density at radius 1 is 0.959 bits per heavy atom. The molecule has 0 bridgehead atoms. The first-order valence-corrected chi connectivity index (χ1v) is 16.7. The Morgan fingerprint density at radius 3 is 2.49 bits per heavy atom. The average molecular weight is 661 g/mol. The van der Waals surface area contributed by atoms with Crippen molar-refractivity contribution in [2.75, 3.05) is 30.3 Å². The normalized spacial score (nSPS) is 17.6. The van der Waals surface area contributed by atoms with Crippen molar-refractivity contribution in [2.24, 2.45) is 0 Å². The van der Waals surface area contributed by atoms with E-state index in [0.717, 1.165) is 82.5 Å². The van der Waals surface area contributed by atoms with Gasteiger partial charge in [-0.2, -0.15) is 5.10 Å². The number of β-amino-alcohol motifs (C(OH)–C–C–N with tert-alkyl or cyclic N) is 1. The lowest BCUT2D eigenvalue weighted by atomic mass is 9.94. The van der Waals surface area contributed by atoms with E-state index in [2.05, 4.69) is 50.0 Å². The van der Waals surface area contributed by atoms with Gasteiger partial charge in [-0.05, 0) is 91.3 Å². The molecule has 1 saturated heterocycles. The molecule has 12 nitrogen and oxygen atoms in total. The number of likely N-dealkylation sites (tertiary alicyclic amines) is 1. The molecule has 12 heteroatoms. The Hall–Kier alpha value is -5.17. The van der Waals surface area contributed by atoms with Crippen molar-refractivity contribution in [3.63, 3.8) is 0 Å². The number of hydrogen-bond acceptors (Lipinski definition) is 9. The Balaban J connectivity index is 1.10. The SMILES string of the molecule is Cc1c(NC(=O)c2cc3n(n2)CCCC3NCC(=O)O)cccc1-c1cccc(Nc2nccc3cc(CN4CC[C@@H](O)C4)cnc23)c1C. The van der Waals surface area contributed by atoms with Crippen LogP contribution in [0.1, 0.15) is 58.2 Å². The van der Waals surface area contributed by atoms with Crippen molar-refractivity contribution in [1.82, 2.24) is 30.0 Å². The fourth-order valence-electron chi connectivity index (χ4n) is 6.95. The van der Waals surface area contributed by atoms with E-state index in [9.17, 15) is 14.7 Å². The van der Waals surface area contributed by atoms with Gasteiger partial charge in [-0.1, -0.05) is 24.3 Å². The van der Waals surface area contributed by atoms with Gasteiger partial charge < -0.3 is 20.8 Å². The average Bonchev–Trinajstić information content (AvgIpc) is 3.72. The second-order valence-corrected chi connectivity index (χ2v) is 12.9. The number of nitrogens with one attached hydrogen (secondary N) is 3. The maximum Gasteiger partial charge on any atom is 0.317 e. The smallest absolute Gasteiger partial charge is 0.317 e. The first-order valence-electron chi connectivity index (χ1n) is 16.7. The standard InChI is InChI=1S/C37H40N8O4/c1-22-27(6-3-8-29(22)41-36-35-25(11-13-38-36)16-24(18-40-35)20-44-15-12-26(46)21-44)28-7-4-9-30(23(28)2)42-37(49)32-17-33-31(39-19-34(47)48)10-5-14-45(33)43-32/h3-4,6-9,11,13,16-18,26,31,39,46H,5,10,12,14-15,19-21H2,1-2H3,(H,38,41)(H,42,49)(H,47,48)/t26-,31?/m1/s1. The van der Waals surface area contributed by atoms with Crippen molar-refractivity contribution >= 4 is 40.0 Å². The van der Waals surface area contributed by atoms with E-state index >= 15 is 0 Å². The zero-order valence-corrected chi connectivity index (χ0v) is 27.6. The third-order valence-corrected chi connectivity index (χ3v) is 9.53. The summed E-state index contributed by atoms with van der Waals surface area (Å²) in [6.07, 6.45) is 5.86. The van der Waals surface area contributed by atoms with Crippen LogP contribution >= 0.6 is 0 Å². The molecule has 0 spiro atoms. The van der Waals surface area contributed by atoms with E-state index in [1.54, 1.807) is 16.9 Å². The molecule has 1 amide bonds. The highest BCUT2D eigenvalue weighted by molar-refractivity contribution is 6.04. The number of rotatable bonds is 10. The topological polar surface area (TPSA) is 158 Å². The van der Waals surface area contributed by atoms with Crippen LogP contribution in [0.15, 0.2) is 67.0 Å². The monoisotopic (exact) mass is 660 g/mol. The van der Waals surface area contributed by atoms with Crippen molar-refractivity contribution < 1.29 is 19.8 Å². The van der Waals surface area contributed by atoms with Crippen LogP contribution in [0.4, 0.5) is 17.2 Å². The molecule has 5 heterocycles. The number of carbonyl (C=O) groups excluding carboxylic acids is 1. The van der Waals surface area contributed by atoms with Gasteiger partial charge in [-0.15, -0.1) is 0 Å². The summed E-state index contributed by atoms with van der Waals surface area (Å²) < 4.78 is 1.79. The van der Waals surface area contributed by atoms with E-state index in [1.165, 1.54) is 0 Å². The van der Waals surface area contributed by atoms with Crippen LogP contribution in [-0.4, -0.2) is 72.5 Å². The van der Waals surface area contributed by atoms with E-state index < -0.39 is 5.97 Å². The second-order valence-electron chi connectivity index (χ2n) is 12.9. The Morgan fingerprint density at radius 2 is 1.73 bits per heavy atom. The molecule has 1 fully saturated rings. The Kier molecular flexibility index (Phi) is 9.09. The Bertz CT molecular complexity index is 2040. The van der Waals surface area contributed by atoms with E-state index in [-0.39, 0.29) is 24.6 Å². The maximum atomic E-state index is 13.4. The van der Waals surface area contributed by atoms with Gasteiger partial charge in [0.2, 0.25) is 0 Å². The van der Waals surface area contributed by atoms with Crippen molar-refractivity contribution in [1.29, 1.82) is 0 Å². The quantitative estimate of drug-likeness (QED) is 0.135. The molecule has 0 aliphatic carbocycles. The molecule has 2 aliphatic heterocycles. The molecular formula is C37H40N8O4. The van der Waals surface area contributed by atoms with Crippen LogP contribution in [-0.2, 0) is 17.9 Å². The molecule has 5 N–H and O–H groups in total. The molecule has 5 aromatic rings. The van der Waals surface area contributed by atoms with Crippen molar-refractivity contribution in [3.8, 4) is 11.1 Å². The number of pyridine rings is 2. The summed E-state index contributed by atoms with van der Waals surface area (Å²) in [6.45, 7) is 6.91. The van der Waals surface area contributed by atoms with E-state index in [4.69, 9.17) is 10.1 Å². The number of nitrogens with zero attached hydrogens (tertiary/aromatic N) is 5. The van der Waals surface area contributed by atoms with Gasteiger partial charge in [-0.25, -0.2) is 4.98 Å². The lowest BCUT2D eigenvalue weighted by Gasteiger charge is -2.23. The van der Waals surface area contributed by atoms with E-state index in [1.807, 2.05) is 49.5 Å². The predicted octanol–water partition coefficient (Wildman–Crippen LogP) is 5.18. The minimum atomic E-state index is -0.922. The van der Waals surface area contributed by atoms with Gasteiger partial charge in [0.15, 0.2) is 11.5 Å². The molecule has 0 saturated carbocycles. The lowest BCUT2D eigenvalue weighted by Crippen LogP contribution is -2.31. The van der Waals surface area contributed by atoms with Crippen molar-refractivity contribution in [2.45, 2.75) is 58.3 Å². The number of carbonyl (C=O) groups is 2. The summed E-state index contributed by atoms with van der Waals surface area (Å²) in [5.41, 5.74) is 8.54. The highest BCUT2D eigenvalue weighted by Gasteiger charge is 2.25. The molecule has 252 valence electrons. The zero-order chi connectivity index (χ0) is 34.1. The molecular weight excluding hydrogens is 620 g/mol. The minimum Gasteiger partial charge on any atom is -0.480 e. The van der Waals surface area contributed by atoms with Gasteiger partial charge >= 0.3 is 5.97 Å². The Labute approximate surface area is 284 Å². The molecule has 0 radical (unpaired) electrons. The number of carboxylic acids is 1. The number of aliphatic carboxylic acids is 1. The molecule has 3 aromatic heterocycles. The van der Waals surface area contributed by atoms with Crippen LogP contribution in [0.5, 0.6) is 0 Å². The first-order chi connectivity index (χ1) is 23.7. The summed E-state index contributed by atoms with van der Waals surface area (Å²) in [5, 5.41) is 34.2. The fourth-order valence-corrected chi connectivity index (χ4v) is 6.95. The van der Waals surface area contributed by atoms with Crippen LogP contribution in [0.3, 0.4) is 0 Å². The second kappa shape index (κ2) is 13.7. The number of aromatic nitrogens is 4. The number of carboxylic acid groups (broad SMARTS) is 1. The third kappa shape index (κ3) is 6.89. The first kappa shape index (κ1) is 32.4. The summed E-state index contributed by atoms with van der Waals surface area (Å²) >= 11 is 0. The third-order valence-electron chi connectivity index (χ3n) is 9.53. The van der Waals surface area contributed by atoms with Crippen LogP contribution in [0, 0.1) is 13.8 Å². The molecule has 1 unspecified atom stereocenters. The number of aryl methyl sites for hydroxylation is 1. The molecule has 2 aliphatic rings. The maximum absolute atomic E-state index is 13.4. The number of aliphatic hydroxyl groups excluding tert-OH is 1. The number of benzene rings is 2. The summed E-state index contributed by atoms with van der Waals surface area (Å²) in [7, 11) is 0.